The molecule has 0 spiro atoms. The van der Waals surface area contributed by atoms with Crippen molar-refractivity contribution in [2.24, 2.45) is 17.8 Å². The number of carboxylic acids is 1. The van der Waals surface area contributed by atoms with Crippen LogP contribution in [0.3, 0.4) is 0 Å². The van der Waals surface area contributed by atoms with Crippen molar-refractivity contribution in [2.45, 2.75) is 103 Å². The first-order valence-electron chi connectivity index (χ1n) is 12.6. The second-order valence-electron chi connectivity index (χ2n) is 11.4. The van der Waals surface area contributed by atoms with E-state index >= 15 is 0 Å². The summed E-state index contributed by atoms with van der Waals surface area (Å²) in [5, 5.41) is 9.05. The van der Waals surface area contributed by atoms with Gasteiger partial charge in [0.25, 0.3) is 0 Å². The molecule has 2 fully saturated rings. The number of rotatable bonds is 9. The summed E-state index contributed by atoms with van der Waals surface area (Å²) in [6.45, 7) is 13.2. The summed E-state index contributed by atoms with van der Waals surface area (Å²) in [5.41, 5.74) is 1.34. The van der Waals surface area contributed by atoms with Crippen molar-refractivity contribution in [3.63, 3.8) is 0 Å². The van der Waals surface area contributed by atoms with Crippen molar-refractivity contribution in [3.8, 4) is 0 Å². The van der Waals surface area contributed by atoms with Gasteiger partial charge in [0.1, 0.15) is 0 Å². The largest absolute Gasteiger partial charge is 0.481 e. The van der Waals surface area contributed by atoms with E-state index in [0.717, 1.165) is 45.3 Å². The van der Waals surface area contributed by atoms with E-state index in [1.165, 1.54) is 12.0 Å². The molecule has 0 aromatic rings. The van der Waals surface area contributed by atoms with E-state index in [4.69, 9.17) is 19.0 Å². The third-order valence-electron chi connectivity index (χ3n) is 8.04. The number of aliphatic carboxylic acids is 1. The minimum absolute atomic E-state index is 0.0661. The lowest BCUT2D eigenvalue weighted by atomic mass is 9.79. The Balaban J connectivity index is 1.68. The first-order chi connectivity index (χ1) is 15.1. The van der Waals surface area contributed by atoms with Crippen molar-refractivity contribution in [1.82, 2.24) is 0 Å². The average Bonchev–Trinajstić information content (AvgIpc) is 3.05. The minimum atomic E-state index is -1.82. The van der Waals surface area contributed by atoms with Gasteiger partial charge in [-0.05, 0) is 74.9 Å². The lowest BCUT2D eigenvalue weighted by molar-refractivity contribution is -0.197. The smallest absolute Gasteiger partial charge is 0.303 e. The van der Waals surface area contributed by atoms with Crippen LogP contribution in [0.15, 0.2) is 23.8 Å². The fourth-order valence-electron chi connectivity index (χ4n) is 5.02. The fourth-order valence-corrected chi connectivity index (χ4v) is 6.07. The molecule has 0 amide bonds. The zero-order valence-corrected chi connectivity index (χ0v) is 21.8. The van der Waals surface area contributed by atoms with Gasteiger partial charge in [0.05, 0.1) is 6.10 Å². The van der Waals surface area contributed by atoms with Crippen molar-refractivity contribution in [1.29, 1.82) is 0 Å². The van der Waals surface area contributed by atoms with E-state index in [9.17, 15) is 4.79 Å². The normalized spacial score (nSPS) is 31.5. The number of hydrogen-bond acceptors (Lipinski definition) is 4. The quantitative estimate of drug-likeness (QED) is 0.405. The van der Waals surface area contributed by atoms with Gasteiger partial charge in [-0.1, -0.05) is 44.6 Å². The molecule has 0 aromatic carbocycles. The number of hydrogen-bond donors (Lipinski definition) is 1. The lowest BCUT2D eigenvalue weighted by Crippen LogP contribution is -2.44. The predicted molar refractivity (Wildman–Crippen MR) is 130 cm³/mol. The topological polar surface area (TPSA) is 65.0 Å². The third-order valence-corrected chi connectivity index (χ3v) is 12.5. The molecule has 1 aliphatic heterocycles. The van der Waals surface area contributed by atoms with Crippen LogP contribution in [0.4, 0.5) is 0 Å². The Hall–Kier alpha value is -0.953. The number of allylic oxidation sites excluding steroid dienone is 4. The zero-order valence-electron chi connectivity index (χ0n) is 20.8. The highest BCUT2D eigenvalue weighted by Crippen LogP contribution is 2.48. The Morgan fingerprint density at radius 3 is 2.72 bits per heavy atom. The molecule has 1 heterocycles. The van der Waals surface area contributed by atoms with Crippen LogP contribution < -0.4 is 0 Å². The first-order valence-corrected chi connectivity index (χ1v) is 15.5. The molecular formula is C26H44O5Si. The van der Waals surface area contributed by atoms with Gasteiger partial charge in [-0.15, -0.1) is 0 Å². The molecule has 0 bridgehead atoms. The Morgan fingerprint density at radius 1 is 1.28 bits per heavy atom. The second kappa shape index (κ2) is 11.0. The van der Waals surface area contributed by atoms with E-state index < -0.39 is 14.3 Å². The molecule has 2 aliphatic carbocycles. The molecule has 0 radical (unpaired) electrons. The van der Waals surface area contributed by atoms with Crippen LogP contribution in [0.2, 0.25) is 18.1 Å². The van der Waals surface area contributed by atoms with Crippen LogP contribution in [0, 0.1) is 17.8 Å². The summed E-state index contributed by atoms with van der Waals surface area (Å²) in [5.74, 6) is 0.764. The average molecular weight is 465 g/mol. The fraction of sp³-hybridized carbons (Fsp3) is 0.808. The third kappa shape index (κ3) is 6.78. The Kier molecular flexibility index (Phi) is 8.81. The van der Waals surface area contributed by atoms with Crippen molar-refractivity contribution in [2.75, 3.05) is 13.2 Å². The van der Waals surface area contributed by atoms with Crippen molar-refractivity contribution in [3.05, 3.63) is 23.8 Å². The molecule has 5 atom stereocenters. The maximum Gasteiger partial charge on any atom is 0.303 e. The van der Waals surface area contributed by atoms with E-state index in [1.807, 2.05) is 6.08 Å². The number of carbonyl (C=O) groups is 1. The van der Waals surface area contributed by atoms with Gasteiger partial charge in [-0.3, -0.25) is 4.79 Å². The van der Waals surface area contributed by atoms with Crippen LogP contribution in [0.25, 0.3) is 0 Å². The molecule has 0 aromatic heterocycles. The van der Waals surface area contributed by atoms with Gasteiger partial charge >= 0.3 is 5.97 Å². The molecule has 32 heavy (non-hydrogen) atoms. The molecule has 6 heteroatoms. The molecule has 5 unspecified atom stereocenters. The number of fused-ring (bicyclic) bond motifs is 1. The summed E-state index contributed by atoms with van der Waals surface area (Å²) < 4.78 is 19.2. The van der Waals surface area contributed by atoms with Gasteiger partial charge in [-0.2, -0.15) is 0 Å². The summed E-state index contributed by atoms with van der Waals surface area (Å²) >= 11 is 0. The summed E-state index contributed by atoms with van der Waals surface area (Å²) in [6, 6.07) is 0. The highest BCUT2D eigenvalue weighted by Gasteiger charge is 2.47. The van der Waals surface area contributed by atoms with Crippen molar-refractivity contribution >= 4 is 14.3 Å². The molecule has 182 valence electrons. The summed E-state index contributed by atoms with van der Waals surface area (Å²) in [6.07, 6.45) is 14.0. The van der Waals surface area contributed by atoms with Crippen LogP contribution in [-0.2, 0) is 18.7 Å². The maximum absolute atomic E-state index is 10.7. The van der Waals surface area contributed by atoms with E-state index in [-0.39, 0.29) is 23.9 Å². The molecule has 1 saturated carbocycles. The summed E-state index contributed by atoms with van der Waals surface area (Å²) in [7, 11) is -1.82. The molecule has 3 aliphatic rings. The van der Waals surface area contributed by atoms with Gasteiger partial charge < -0.3 is 19.0 Å². The van der Waals surface area contributed by atoms with Gasteiger partial charge in [-0.25, -0.2) is 0 Å². The second-order valence-corrected chi connectivity index (χ2v) is 16.2. The maximum atomic E-state index is 10.7. The number of ether oxygens (including phenoxy) is 2. The Morgan fingerprint density at radius 2 is 2.06 bits per heavy atom. The highest BCUT2D eigenvalue weighted by atomic mass is 28.4. The van der Waals surface area contributed by atoms with Crippen LogP contribution >= 0.6 is 0 Å². The molecular weight excluding hydrogens is 420 g/mol. The number of carboxylic acid groups (broad SMARTS) is 1. The lowest BCUT2D eigenvalue weighted by Gasteiger charge is -2.39. The van der Waals surface area contributed by atoms with Gasteiger partial charge in [0.15, 0.2) is 14.6 Å². The van der Waals surface area contributed by atoms with Gasteiger partial charge in [0, 0.05) is 25.6 Å². The van der Waals surface area contributed by atoms with Crippen molar-refractivity contribution < 1.29 is 23.8 Å². The standard InChI is InChI=1S/C26H44O5Si/c1-26(2,3)32(4,5)30-18-22-21-14-13-19(10-6-7-11-24(27)28)16-20(21)17-23(22)31-25-12-8-9-15-29-25/h6,10,16,20-23,25H,7-9,11-15,17-18H2,1-5H3,(H,27,28). The van der Waals surface area contributed by atoms with E-state index in [2.05, 4.69) is 46.0 Å². The van der Waals surface area contributed by atoms with Gasteiger partial charge in [0.2, 0.25) is 0 Å². The SMILES string of the molecule is CC(C)(C)[Si](C)(C)OCC1C(OC2CCCCO2)CC2C=C(C=CCCC(=O)O)CCC21. The van der Waals surface area contributed by atoms with E-state index in [1.54, 1.807) is 0 Å². The van der Waals surface area contributed by atoms with E-state index in [0.29, 0.717) is 24.2 Å². The molecule has 3 rings (SSSR count). The van der Waals surface area contributed by atoms with Crippen LogP contribution in [0.5, 0.6) is 0 Å². The molecule has 1 saturated heterocycles. The Bertz CT molecular complexity index is 687. The first kappa shape index (κ1) is 25.7. The zero-order chi connectivity index (χ0) is 23.4. The monoisotopic (exact) mass is 464 g/mol. The summed E-state index contributed by atoms with van der Waals surface area (Å²) in [4.78, 5) is 10.7. The molecule has 5 nitrogen and oxygen atoms in total. The minimum Gasteiger partial charge on any atom is -0.481 e. The van der Waals surface area contributed by atoms with Crippen LogP contribution in [0.1, 0.15) is 72.1 Å². The predicted octanol–water partition coefficient (Wildman–Crippen LogP) is 6.31. The Labute approximate surface area is 195 Å². The molecule has 1 N–H and O–H groups in total. The highest BCUT2D eigenvalue weighted by molar-refractivity contribution is 6.74. The van der Waals surface area contributed by atoms with Crippen LogP contribution in [-0.4, -0.2) is 45.0 Å².